The van der Waals surface area contributed by atoms with E-state index in [4.69, 9.17) is 30.3 Å². The predicted molar refractivity (Wildman–Crippen MR) is 164 cm³/mol. The molecule has 0 spiro atoms. The van der Waals surface area contributed by atoms with Gasteiger partial charge in [0, 0.05) is 38.2 Å². The Bertz CT molecular complexity index is 1640. The molecule has 1 aliphatic rings. The van der Waals surface area contributed by atoms with Crippen molar-refractivity contribution >= 4 is 52.0 Å². The number of ether oxygens (including phenoxy) is 3. The van der Waals surface area contributed by atoms with Gasteiger partial charge in [-0.25, -0.2) is 14.6 Å². The van der Waals surface area contributed by atoms with Crippen LogP contribution in [-0.4, -0.2) is 75.7 Å². The van der Waals surface area contributed by atoms with Crippen molar-refractivity contribution in [1.82, 2.24) is 24.9 Å². The summed E-state index contributed by atoms with van der Waals surface area (Å²) in [5.74, 6) is -0.477. The van der Waals surface area contributed by atoms with E-state index in [1.807, 2.05) is 6.07 Å². The van der Waals surface area contributed by atoms with E-state index in [9.17, 15) is 14.4 Å². The normalized spacial score (nSPS) is 15.0. The van der Waals surface area contributed by atoms with Gasteiger partial charge in [-0.3, -0.25) is 4.79 Å². The highest BCUT2D eigenvalue weighted by Crippen LogP contribution is 2.32. The molecule has 1 saturated heterocycles. The molecule has 1 aromatic carbocycles. The molecule has 1 atom stereocenters. The summed E-state index contributed by atoms with van der Waals surface area (Å²) in [6, 6.07) is 10.8. The number of amides is 1. The third-order valence-electron chi connectivity index (χ3n) is 7.29. The van der Waals surface area contributed by atoms with Gasteiger partial charge in [0.05, 0.1) is 33.4 Å². The molecular weight excluding hydrogens is 610 g/mol. The lowest BCUT2D eigenvalue weighted by Crippen LogP contribution is -2.47. The molecule has 0 radical (unpaired) electrons. The van der Waals surface area contributed by atoms with Crippen LogP contribution in [0, 0.1) is 0 Å². The number of likely N-dealkylation sites (tertiary alicyclic amines) is 1. The Morgan fingerprint density at radius 2 is 1.91 bits per heavy atom. The number of para-hydroxylation sites is 1. The van der Waals surface area contributed by atoms with Gasteiger partial charge >= 0.3 is 12.1 Å². The van der Waals surface area contributed by atoms with Crippen LogP contribution in [0.5, 0.6) is 0 Å². The number of piperidine rings is 1. The molecule has 1 aliphatic heterocycles. The summed E-state index contributed by atoms with van der Waals surface area (Å²) in [6.07, 6.45) is -0.533. The molecule has 14 heteroatoms. The minimum absolute atomic E-state index is 0.0155. The van der Waals surface area contributed by atoms with Gasteiger partial charge in [-0.1, -0.05) is 22.8 Å². The van der Waals surface area contributed by atoms with E-state index in [1.54, 1.807) is 35.8 Å². The fraction of sp³-hybridized carbons (Fsp3) is 0.433. The summed E-state index contributed by atoms with van der Waals surface area (Å²) in [4.78, 5) is 46.4. The van der Waals surface area contributed by atoms with Crippen LogP contribution in [-0.2, 0) is 20.8 Å². The van der Waals surface area contributed by atoms with Crippen LogP contribution in [0.3, 0.4) is 0 Å². The van der Waals surface area contributed by atoms with Crippen LogP contribution >= 0.6 is 22.9 Å². The molecule has 44 heavy (non-hydrogen) atoms. The van der Waals surface area contributed by atoms with Crippen molar-refractivity contribution in [2.24, 2.45) is 0 Å². The molecule has 1 amide bonds. The standard InChI is InChI=1S/C30H34ClN5O7S/c1-5-40-30(39)42-18(4)41-29(38)21-7-6-8-22-26(21)33-27(28(37)32-19-11-13-35(14-12-19)17(2)3)36(22)16-20-15-23(43-34-20)24-9-10-25(31)44-24/h6-10,15,17-19H,5,11-14,16H2,1-4H3,(H,32,37). The van der Waals surface area contributed by atoms with Crippen molar-refractivity contribution in [3.05, 3.63) is 57.8 Å². The highest BCUT2D eigenvalue weighted by Gasteiger charge is 2.28. The largest absolute Gasteiger partial charge is 0.511 e. The number of esters is 1. The molecule has 1 fully saturated rings. The molecule has 0 bridgehead atoms. The topological polar surface area (TPSA) is 138 Å². The number of carbonyl (C=O) groups is 3. The van der Waals surface area contributed by atoms with Crippen LogP contribution in [0.4, 0.5) is 4.79 Å². The van der Waals surface area contributed by atoms with E-state index in [-0.39, 0.29) is 42.0 Å². The molecule has 1 unspecified atom stereocenters. The molecule has 12 nitrogen and oxygen atoms in total. The Morgan fingerprint density at radius 3 is 2.59 bits per heavy atom. The Balaban J connectivity index is 1.44. The number of fused-ring (bicyclic) bond motifs is 1. The summed E-state index contributed by atoms with van der Waals surface area (Å²) < 4.78 is 22.9. The lowest BCUT2D eigenvalue weighted by Gasteiger charge is -2.34. The predicted octanol–water partition coefficient (Wildman–Crippen LogP) is 5.73. The molecule has 4 aromatic rings. The zero-order valence-corrected chi connectivity index (χ0v) is 26.4. The van der Waals surface area contributed by atoms with Gasteiger partial charge in [0.15, 0.2) is 11.6 Å². The summed E-state index contributed by atoms with van der Waals surface area (Å²) in [5, 5.41) is 7.35. The maximum atomic E-state index is 13.7. The van der Waals surface area contributed by atoms with Gasteiger partial charge in [-0.2, -0.15) is 0 Å². The minimum Gasteiger partial charge on any atom is -0.435 e. The molecule has 1 N–H and O–H groups in total. The van der Waals surface area contributed by atoms with Crippen LogP contribution < -0.4 is 5.32 Å². The zero-order valence-electron chi connectivity index (χ0n) is 24.9. The van der Waals surface area contributed by atoms with E-state index >= 15 is 0 Å². The Kier molecular flexibility index (Phi) is 9.87. The third-order valence-corrected chi connectivity index (χ3v) is 8.54. The fourth-order valence-electron chi connectivity index (χ4n) is 5.09. The third kappa shape index (κ3) is 7.22. The van der Waals surface area contributed by atoms with Crippen LogP contribution in [0.15, 0.2) is 40.9 Å². The first kappa shape index (κ1) is 31.5. The Morgan fingerprint density at radius 1 is 1.14 bits per heavy atom. The number of benzene rings is 1. The quantitative estimate of drug-likeness (QED) is 0.168. The highest BCUT2D eigenvalue weighted by atomic mass is 35.5. The second-order valence-corrected chi connectivity index (χ2v) is 12.3. The van der Waals surface area contributed by atoms with Crippen molar-refractivity contribution in [2.45, 2.75) is 65.5 Å². The monoisotopic (exact) mass is 643 g/mol. The SMILES string of the molecule is CCOC(=O)OC(C)OC(=O)c1cccc2c1nc(C(=O)NC1CCN(C(C)C)CC1)n2Cc1cc(-c2ccc(Cl)s2)on1. The Hall–Kier alpha value is -3.94. The average molecular weight is 644 g/mol. The average Bonchev–Trinajstić information content (AvgIpc) is 3.72. The summed E-state index contributed by atoms with van der Waals surface area (Å²) >= 11 is 7.46. The maximum absolute atomic E-state index is 13.7. The molecular formula is C30H34ClN5O7S. The zero-order chi connectivity index (χ0) is 31.4. The second kappa shape index (κ2) is 13.8. The van der Waals surface area contributed by atoms with Crippen LogP contribution in [0.1, 0.15) is 67.2 Å². The van der Waals surface area contributed by atoms with Gasteiger partial charge in [-0.15, -0.1) is 11.3 Å². The fourth-order valence-corrected chi connectivity index (χ4v) is 6.08. The van der Waals surface area contributed by atoms with Crippen molar-refractivity contribution < 1.29 is 33.1 Å². The lowest BCUT2D eigenvalue weighted by atomic mass is 10.0. The van der Waals surface area contributed by atoms with Crippen LogP contribution in [0.25, 0.3) is 21.7 Å². The number of carbonyl (C=O) groups excluding carboxylic acids is 3. The minimum atomic E-state index is -1.21. The van der Waals surface area contributed by atoms with Gasteiger partial charge in [-0.05, 0) is 57.9 Å². The van der Waals surface area contributed by atoms with Crippen LogP contribution in [0.2, 0.25) is 4.34 Å². The van der Waals surface area contributed by atoms with E-state index in [2.05, 4.69) is 34.2 Å². The van der Waals surface area contributed by atoms with Gasteiger partial charge in [0.2, 0.25) is 6.29 Å². The van der Waals surface area contributed by atoms with E-state index in [0.717, 1.165) is 30.8 Å². The smallest absolute Gasteiger partial charge is 0.435 e. The van der Waals surface area contributed by atoms with E-state index in [0.29, 0.717) is 27.3 Å². The van der Waals surface area contributed by atoms with Crippen molar-refractivity contribution in [3.63, 3.8) is 0 Å². The number of aromatic nitrogens is 3. The summed E-state index contributed by atoms with van der Waals surface area (Å²) in [7, 11) is 0. The Labute approximate surface area is 263 Å². The van der Waals surface area contributed by atoms with Crippen molar-refractivity contribution in [1.29, 1.82) is 0 Å². The van der Waals surface area contributed by atoms with Crippen molar-refractivity contribution in [3.8, 4) is 10.6 Å². The highest BCUT2D eigenvalue weighted by molar-refractivity contribution is 7.19. The van der Waals surface area contributed by atoms with Gasteiger partial charge in [0.1, 0.15) is 11.2 Å². The number of nitrogens with zero attached hydrogens (tertiary/aromatic N) is 4. The molecule has 0 saturated carbocycles. The number of hydrogen-bond donors (Lipinski definition) is 1. The number of halogens is 1. The van der Waals surface area contributed by atoms with E-state index in [1.165, 1.54) is 24.3 Å². The van der Waals surface area contributed by atoms with Crippen molar-refractivity contribution in [2.75, 3.05) is 19.7 Å². The summed E-state index contributed by atoms with van der Waals surface area (Å²) in [6.45, 7) is 9.40. The number of rotatable bonds is 10. The molecule has 5 rings (SSSR count). The van der Waals surface area contributed by atoms with Gasteiger partial charge < -0.3 is 33.5 Å². The summed E-state index contributed by atoms with van der Waals surface area (Å²) in [5.41, 5.74) is 1.43. The molecule has 4 heterocycles. The number of imidazole rings is 1. The lowest BCUT2D eigenvalue weighted by molar-refractivity contribution is -0.0810. The number of nitrogens with one attached hydrogen (secondary N) is 1. The first-order valence-corrected chi connectivity index (χ1v) is 15.6. The molecule has 234 valence electrons. The first-order valence-electron chi connectivity index (χ1n) is 14.4. The number of hydrogen-bond acceptors (Lipinski definition) is 11. The molecule has 3 aromatic heterocycles. The molecule has 0 aliphatic carbocycles. The maximum Gasteiger partial charge on any atom is 0.511 e. The van der Waals surface area contributed by atoms with Gasteiger partial charge in [0.25, 0.3) is 5.91 Å². The number of thiophene rings is 1. The first-order chi connectivity index (χ1) is 21.1. The second-order valence-electron chi connectivity index (χ2n) is 10.6. The van der Waals surface area contributed by atoms with E-state index < -0.39 is 18.4 Å².